The molecular formula is C13H17FN6O. The highest BCUT2D eigenvalue weighted by atomic mass is 19.1. The molecule has 8 heteroatoms. The van der Waals surface area contributed by atoms with Crippen molar-refractivity contribution in [2.45, 2.75) is 19.9 Å². The Morgan fingerprint density at radius 3 is 3.05 bits per heavy atom. The summed E-state index contributed by atoms with van der Waals surface area (Å²) in [6.07, 6.45) is 5.13. The number of pyridine rings is 1. The van der Waals surface area contributed by atoms with Crippen molar-refractivity contribution in [3.63, 3.8) is 0 Å². The molecule has 7 nitrogen and oxygen atoms in total. The van der Waals surface area contributed by atoms with Crippen molar-refractivity contribution in [2.75, 3.05) is 18.4 Å². The fourth-order valence-corrected chi connectivity index (χ4v) is 1.81. The van der Waals surface area contributed by atoms with Gasteiger partial charge in [-0.15, -0.1) is 5.10 Å². The quantitative estimate of drug-likeness (QED) is 0.746. The molecule has 0 aliphatic carbocycles. The summed E-state index contributed by atoms with van der Waals surface area (Å²) in [6, 6.07) is 1.18. The van der Waals surface area contributed by atoms with Crippen LogP contribution in [0, 0.1) is 5.82 Å². The average molecular weight is 292 g/mol. The molecule has 0 radical (unpaired) electrons. The first-order valence-corrected chi connectivity index (χ1v) is 6.72. The fraction of sp³-hybridized carbons (Fsp3) is 0.385. The fourth-order valence-electron chi connectivity index (χ4n) is 1.81. The minimum atomic E-state index is -0.538. The number of hydrogen-bond donors (Lipinski definition) is 2. The molecule has 0 aromatic carbocycles. The van der Waals surface area contributed by atoms with E-state index in [9.17, 15) is 9.18 Å². The summed E-state index contributed by atoms with van der Waals surface area (Å²) >= 11 is 0. The Labute approximate surface area is 121 Å². The molecule has 2 aromatic rings. The van der Waals surface area contributed by atoms with Crippen molar-refractivity contribution in [2.24, 2.45) is 0 Å². The maximum atomic E-state index is 13.2. The number of carbonyl (C=O) groups is 1. The number of nitrogens with one attached hydrogen (secondary N) is 2. The first-order chi connectivity index (χ1) is 10.2. The van der Waals surface area contributed by atoms with Crippen LogP contribution in [0.2, 0.25) is 0 Å². The third kappa shape index (κ3) is 4.23. The Balaban J connectivity index is 1.88. The summed E-state index contributed by atoms with van der Waals surface area (Å²) in [7, 11) is 0. The van der Waals surface area contributed by atoms with E-state index in [0.29, 0.717) is 31.9 Å². The summed E-state index contributed by atoms with van der Waals surface area (Å²) in [4.78, 5) is 15.9. The molecule has 21 heavy (non-hydrogen) atoms. The number of hydrogen-bond acceptors (Lipinski definition) is 5. The topological polar surface area (TPSA) is 84.7 Å². The first kappa shape index (κ1) is 14.9. The minimum Gasteiger partial charge on any atom is -0.370 e. The first-order valence-electron chi connectivity index (χ1n) is 6.72. The molecule has 0 atom stereocenters. The SMILES string of the molecule is CCNc1ncc(F)cc1C(=O)NCCCn1ccnn1. The maximum absolute atomic E-state index is 13.2. The van der Waals surface area contributed by atoms with Crippen LogP contribution < -0.4 is 10.6 Å². The van der Waals surface area contributed by atoms with E-state index in [0.717, 1.165) is 6.20 Å². The lowest BCUT2D eigenvalue weighted by Crippen LogP contribution is -2.26. The van der Waals surface area contributed by atoms with Gasteiger partial charge in [0.05, 0.1) is 18.0 Å². The Morgan fingerprint density at radius 2 is 2.33 bits per heavy atom. The minimum absolute atomic E-state index is 0.206. The third-order valence-corrected chi connectivity index (χ3v) is 2.76. The number of anilines is 1. The van der Waals surface area contributed by atoms with E-state index in [1.54, 1.807) is 17.1 Å². The number of amides is 1. The number of rotatable bonds is 7. The van der Waals surface area contributed by atoms with Gasteiger partial charge in [0.25, 0.3) is 5.91 Å². The van der Waals surface area contributed by atoms with Crippen molar-refractivity contribution < 1.29 is 9.18 Å². The predicted molar refractivity (Wildman–Crippen MR) is 75.3 cm³/mol. The monoisotopic (exact) mass is 292 g/mol. The lowest BCUT2D eigenvalue weighted by molar-refractivity contribution is 0.0952. The van der Waals surface area contributed by atoms with Crippen molar-refractivity contribution in [3.8, 4) is 0 Å². The second-order valence-corrected chi connectivity index (χ2v) is 4.36. The van der Waals surface area contributed by atoms with Gasteiger partial charge < -0.3 is 10.6 Å². The molecule has 112 valence electrons. The zero-order chi connectivity index (χ0) is 15.1. The van der Waals surface area contributed by atoms with Gasteiger partial charge in [-0.25, -0.2) is 9.37 Å². The van der Waals surface area contributed by atoms with E-state index in [1.165, 1.54) is 6.07 Å². The van der Waals surface area contributed by atoms with Crippen molar-refractivity contribution in [1.29, 1.82) is 0 Å². The van der Waals surface area contributed by atoms with Gasteiger partial charge in [-0.1, -0.05) is 5.21 Å². The molecule has 2 aromatic heterocycles. The largest absolute Gasteiger partial charge is 0.370 e. The average Bonchev–Trinajstić information content (AvgIpc) is 2.99. The number of nitrogens with zero attached hydrogens (tertiary/aromatic N) is 4. The molecule has 0 aliphatic rings. The summed E-state index contributed by atoms with van der Waals surface area (Å²) in [5.74, 6) is -0.506. The van der Waals surface area contributed by atoms with Gasteiger partial charge >= 0.3 is 0 Å². The Kier molecular flexibility index (Phi) is 5.19. The highest BCUT2D eigenvalue weighted by Gasteiger charge is 2.13. The summed E-state index contributed by atoms with van der Waals surface area (Å²) in [5, 5.41) is 13.2. The molecule has 0 saturated carbocycles. The summed E-state index contributed by atoms with van der Waals surface area (Å²) in [5.41, 5.74) is 0.206. The molecule has 2 N–H and O–H groups in total. The molecule has 0 fully saturated rings. The Hall–Kier alpha value is -2.51. The molecule has 2 rings (SSSR count). The third-order valence-electron chi connectivity index (χ3n) is 2.76. The highest BCUT2D eigenvalue weighted by Crippen LogP contribution is 2.13. The standard InChI is InChI=1S/C13H17FN6O/c1-2-15-12-11(8-10(14)9-17-12)13(21)16-4-3-6-20-7-5-18-19-20/h5,7-9H,2-4,6H2,1H3,(H,15,17)(H,16,21). The van der Waals surface area contributed by atoms with Crippen LogP contribution in [0.5, 0.6) is 0 Å². The van der Waals surface area contributed by atoms with Crippen LogP contribution in [0.25, 0.3) is 0 Å². The van der Waals surface area contributed by atoms with Crippen LogP contribution in [-0.4, -0.2) is 39.0 Å². The second-order valence-electron chi connectivity index (χ2n) is 4.36. The van der Waals surface area contributed by atoms with Crippen LogP contribution >= 0.6 is 0 Å². The zero-order valence-electron chi connectivity index (χ0n) is 11.7. The van der Waals surface area contributed by atoms with Gasteiger partial charge in [0.1, 0.15) is 11.6 Å². The summed E-state index contributed by atoms with van der Waals surface area (Å²) in [6.45, 7) is 3.60. The van der Waals surface area contributed by atoms with E-state index in [2.05, 4.69) is 25.9 Å². The van der Waals surface area contributed by atoms with E-state index < -0.39 is 5.82 Å². The molecular weight excluding hydrogens is 275 g/mol. The molecule has 0 aliphatic heterocycles. The van der Waals surface area contributed by atoms with Crippen molar-refractivity contribution in [1.82, 2.24) is 25.3 Å². The van der Waals surface area contributed by atoms with Gasteiger partial charge in [0.2, 0.25) is 0 Å². The van der Waals surface area contributed by atoms with Gasteiger partial charge in [-0.05, 0) is 19.4 Å². The molecule has 0 spiro atoms. The van der Waals surface area contributed by atoms with E-state index in [4.69, 9.17) is 0 Å². The smallest absolute Gasteiger partial charge is 0.255 e. The van der Waals surface area contributed by atoms with Gasteiger partial charge in [-0.3, -0.25) is 9.48 Å². The maximum Gasteiger partial charge on any atom is 0.255 e. The van der Waals surface area contributed by atoms with E-state index in [-0.39, 0.29) is 11.5 Å². The van der Waals surface area contributed by atoms with Crippen LogP contribution in [0.1, 0.15) is 23.7 Å². The Bertz CT molecular complexity index is 586. The van der Waals surface area contributed by atoms with Gasteiger partial charge in [-0.2, -0.15) is 0 Å². The zero-order valence-corrected chi connectivity index (χ0v) is 11.7. The second kappa shape index (κ2) is 7.32. The van der Waals surface area contributed by atoms with Crippen LogP contribution in [0.4, 0.5) is 10.2 Å². The van der Waals surface area contributed by atoms with E-state index >= 15 is 0 Å². The van der Waals surface area contributed by atoms with Crippen molar-refractivity contribution >= 4 is 11.7 Å². The molecule has 1 amide bonds. The lowest BCUT2D eigenvalue weighted by atomic mass is 10.2. The molecule has 0 saturated heterocycles. The van der Waals surface area contributed by atoms with Crippen LogP contribution in [0.15, 0.2) is 24.7 Å². The molecule has 0 bridgehead atoms. The highest BCUT2D eigenvalue weighted by molar-refractivity contribution is 5.98. The number of carbonyl (C=O) groups excluding carboxylic acids is 1. The van der Waals surface area contributed by atoms with Gasteiger partial charge in [0, 0.05) is 25.8 Å². The summed E-state index contributed by atoms with van der Waals surface area (Å²) < 4.78 is 14.9. The van der Waals surface area contributed by atoms with E-state index in [1.807, 2.05) is 6.92 Å². The van der Waals surface area contributed by atoms with Gasteiger partial charge in [0.15, 0.2) is 0 Å². The lowest BCUT2D eigenvalue weighted by Gasteiger charge is -2.10. The molecule has 2 heterocycles. The number of halogens is 1. The normalized spacial score (nSPS) is 10.4. The molecule has 0 unspecified atom stereocenters. The number of aromatic nitrogens is 4. The van der Waals surface area contributed by atoms with Crippen LogP contribution in [-0.2, 0) is 6.54 Å². The number of aryl methyl sites for hydroxylation is 1. The van der Waals surface area contributed by atoms with Crippen LogP contribution in [0.3, 0.4) is 0 Å². The van der Waals surface area contributed by atoms with Crippen molar-refractivity contribution in [3.05, 3.63) is 36.0 Å². The predicted octanol–water partition coefficient (Wildman–Crippen LogP) is 1.06. The Morgan fingerprint density at radius 1 is 1.48 bits per heavy atom.